The highest BCUT2D eigenvalue weighted by atomic mass is 32.1. The summed E-state index contributed by atoms with van der Waals surface area (Å²) in [6, 6.07) is 9.92. The van der Waals surface area contributed by atoms with Gasteiger partial charge in [-0.25, -0.2) is 9.78 Å². The summed E-state index contributed by atoms with van der Waals surface area (Å²) in [4.78, 5) is 32.7. The molecule has 0 bridgehead atoms. The van der Waals surface area contributed by atoms with E-state index in [9.17, 15) is 9.59 Å². The largest absolute Gasteiger partial charge is 0.355 e. The second-order valence-electron chi connectivity index (χ2n) is 6.63. The van der Waals surface area contributed by atoms with Crippen LogP contribution in [0.3, 0.4) is 0 Å². The van der Waals surface area contributed by atoms with E-state index in [0.717, 1.165) is 19.5 Å². The quantitative estimate of drug-likeness (QED) is 0.793. The summed E-state index contributed by atoms with van der Waals surface area (Å²) in [5.41, 5.74) is 1.87. The van der Waals surface area contributed by atoms with E-state index in [2.05, 4.69) is 20.5 Å². The molecular weight excluding hydrogens is 362 g/mol. The molecule has 2 heterocycles. The lowest BCUT2D eigenvalue weighted by molar-refractivity contribution is -0.120. The van der Waals surface area contributed by atoms with E-state index in [0.29, 0.717) is 30.5 Å². The Morgan fingerprint density at radius 2 is 1.89 bits per heavy atom. The van der Waals surface area contributed by atoms with Crippen molar-refractivity contribution >= 4 is 28.4 Å². The number of urea groups is 1. The lowest BCUT2D eigenvalue weighted by Gasteiger charge is -2.32. The first kappa shape index (κ1) is 19.3. The number of benzene rings is 1. The monoisotopic (exact) mass is 387 g/mol. The first-order valence-corrected chi connectivity index (χ1v) is 9.97. The van der Waals surface area contributed by atoms with Crippen LogP contribution in [0.2, 0.25) is 0 Å². The number of carbonyl (C=O) groups excluding carboxylic acids is 2. The van der Waals surface area contributed by atoms with Crippen LogP contribution in [-0.2, 0) is 17.6 Å². The van der Waals surface area contributed by atoms with Gasteiger partial charge in [0, 0.05) is 38.1 Å². The predicted molar refractivity (Wildman–Crippen MR) is 107 cm³/mol. The Hall–Kier alpha value is -2.45. The number of anilines is 1. The van der Waals surface area contributed by atoms with Crippen LogP contribution in [0, 0.1) is 0 Å². The molecule has 0 spiro atoms. The number of nitrogens with zero attached hydrogens (tertiary/aromatic N) is 3. The molecule has 3 rings (SSSR count). The van der Waals surface area contributed by atoms with Crippen molar-refractivity contribution in [3.05, 3.63) is 47.0 Å². The molecule has 0 saturated carbocycles. The molecule has 3 amide bonds. The van der Waals surface area contributed by atoms with Crippen LogP contribution >= 0.6 is 11.3 Å². The highest BCUT2D eigenvalue weighted by molar-refractivity contribution is 7.13. The van der Waals surface area contributed by atoms with E-state index < -0.39 is 0 Å². The third-order valence-corrected chi connectivity index (χ3v) is 5.28. The first-order valence-electron chi connectivity index (χ1n) is 9.09. The third-order valence-electron chi connectivity index (χ3n) is 4.48. The first-order chi connectivity index (χ1) is 13.1. The molecule has 0 unspecified atom stereocenters. The highest BCUT2D eigenvalue weighted by Gasteiger charge is 2.20. The van der Waals surface area contributed by atoms with Crippen molar-refractivity contribution in [1.82, 2.24) is 20.1 Å². The Balaban J connectivity index is 1.40. The van der Waals surface area contributed by atoms with E-state index in [1.54, 1.807) is 4.90 Å². The number of rotatable bonds is 6. The summed E-state index contributed by atoms with van der Waals surface area (Å²) in [5.74, 6) is -0.0619. The van der Waals surface area contributed by atoms with Crippen LogP contribution < -0.4 is 10.6 Å². The maximum absolute atomic E-state index is 12.3. The van der Waals surface area contributed by atoms with Crippen LogP contribution in [0.25, 0.3) is 0 Å². The van der Waals surface area contributed by atoms with Crippen molar-refractivity contribution in [1.29, 1.82) is 0 Å². The van der Waals surface area contributed by atoms with Crippen LogP contribution in [0.15, 0.2) is 35.7 Å². The Morgan fingerprint density at radius 1 is 1.15 bits per heavy atom. The molecule has 0 radical (unpaired) electrons. The molecule has 1 saturated heterocycles. The number of likely N-dealkylation sites (N-methyl/N-ethyl adjacent to an activating group) is 1. The van der Waals surface area contributed by atoms with Gasteiger partial charge in [0.2, 0.25) is 5.91 Å². The van der Waals surface area contributed by atoms with Gasteiger partial charge >= 0.3 is 6.03 Å². The van der Waals surface area contributed by atoms with Gasteiger partial charge in [-0.2, -0.15) is 0 Å². The number of aromatic nitrogens is 1. The third kappa shape index (κ3) is 6.04. The smallest absolute Gasteiger partial charge is 0.323 e. The number of amides is 3. The van der Waals surface area contributed by atoms with Crippen LogP contribution in [0.5, 0.6) is 0 Å². The van der Waals surface area contributed by atoms with E-state index in [1.807, 2.05) is 42.8 Å². The number of piperazine rings is 1. The van der Waals surface area contributed by atoms with Gasteiger partial charge in [0.1, 0.15) is 0 Å². The minimum absolute atomic E-state index is 0.0619. The summed E-state index contributed by atoms with van der Waals surface area (Å²) in [6.45, 7) is 3.77. The maximum atomic E-state index is 12.3. The minimum atomic E-state index is -0.128. The fourth-order valence-electron chi connectivity index (χ4n) is 2.84. The number of hydrogen-bond acceptors (Lipinski definition) is 5. The SMILES string of the molecule is CN1CCN(C(=O)Nc2nc(CC(=O)NCCc3ccccc3)cs2)CC1. The van der Waals surface area contributed by atoms with Gasteiger partial charge in [-0.3, -0.25) is 10.1 Å². The Bertz CT molecular complexity index is 756. The average Bonchev–Trinajstić information content (AvgIpc) is 3.09. The molecule has 0 aliphatic carbocycles. The maximum Gasteiger partial charge on any atom is 0.323 e. The topological polar surface area (TPSA) is 77.6 Å². The zero-order valence-corrected chi connectivity index (χ0v) is 16.3. The van der Waals surface area contributed by atoms with Crippen LogP contribution in [-0.4, -0.2) is 66.5 Å². The van der Waals surface area contributed by atoms with Crippen molar-refractivity contribution in [2.75, 3.05) is 45.1 Å². The van der Waals surface area contributed by atoms with Crippen molar-refractivity contribution in [3.63, 3.8) is 0 Å². The van der Waals surface area contributed by atoms with Crippen LogP contribution in [0.1, 0.15) is 11.3 Å². The molecule has 8 heteroatoms. The van der Waals surface area contributed by atoms with Gasteiger partial charge in [0.25, 0.3) is 0 Å². The van der Waals surface area contributed by atoms with Crippen molar-refractivity contribution < 1.29 is 9.59 Å². The van der Waals surface area contributed by atoms with Gasteiger partial charge < -0.3 is 15.1 Å². The number of nitrogens with one attached hydrogen (secondary N) is 2. The summed E-state index contributed by atoms with van der Waals surface area (Å²) in [6.07, 6.45) is 1.02. The van der Waals surface area contributed by atoms with Gasteiger partial charge in [0.05, 0.1) is 12.1 Å². The Morgan fingerprint density at radius 3 is 2.63 bits per heavy atom. The van der Waals surface area contributed by atoms with Crippen molar-refractivity contribution in [3.8, 4) is 0 Å². The number of hydrogen-bond donors (Lipinski definition) is 2. The highest BCUT2D eigenvalue weighted by Crippen LogP contribution is 2.16. The summed E-state index contributed by atoms with van der Waals surface area (Å²) in [5, 5.41) is 8.09. The summed E-state index contributed by atoms with van der Waals surface area (Å²) in [7, 11) is 2.05. The molecule has 7 nitrogen and oxygen atoms in total. The molecule has 1 aromatic carbocycles. The summed E-state index contributed by atoms with van der Waals surface area (Å²) < 4.78 is 0. The fourth-order valence-corrected chi connectivity index (χ4v) is 3.54. The molecule has 2 aromatic rings. The van der Waals surface area contributed by atoms with Crippen LogP contribution in [0.4, 0.5) is 9.93 Å². The molecule has 1 aliphatic rings. The zero-order valence-electron chi connectivity index (χ0n) is 15.5. The van der Waals surface area contributed by atoms with E-state index in [4.69, 9.17) is 0 Å². The van der Waals surface area contributed by atoms with E-state index >= 15 is 0 Å². The minimum Gasteiger partial charge on any atom is -0.355 e. The molecule has 27 heavy (non-hydrogen) atoms. The van der Waals surface area contributed by atoms with Crippen molar-refractivity contribution in [2.45, 2.75) is 12.8 Å². The van der Waals surface area contributed by atoms with Gasteiger partial charge in [-0.1, -0.05) is 30.3 Å². The van der Waals surface area contributed by atoms with Crippen molar-refractivity contribution in [2.24, 2.45) is 0 Å². The van der Waals surface area contributed by atoms with Gasteiger partial charge in [-0.15, -0.1) is 11.3 Å². The molecule has 1 aliphatic heterocycles. The molecule has 0 atom stereocenters. The fraction of sp³-hybridized carbons (Fsp3) is 0.421. The van der Waals surface area contributed by atoms with E-state index in [1.165, 1.54) is 16.9 Å². The van der Waals surface area contributed by atoms with E-state index in [-0.39, 0.29) is 18.4 Å². The predicted octanol–water partition coefficient (Wildman–Crippen LogP) is 1.82. The Labute approximate surface area is 163 Å². The standard InChI is InChI=1S/C19H25N5O2S/c1-23-9-11-24(12-10-23)19(26)22-18-21-16(14-27-18)13-17(25)20-8-7-15-5-3-2-4-6-15/h2-6,14H,7-13H2,1H3,(H,20,25)(H,21,22,26). The number of carbonyl (C=O) groups is 2. The van der Waals surface area contributed by atoms with Gasteiger partial charge in [0.15, 0.2) is 5.13 Å². The Kier molecular flexibility index (Phi) is 6.78. The molecule has 144 valence electrons. The normalized spacial score (nSPS) is 14.8. The molecular formula is C19H25N5O2S. The zero-order chi connectivity index (χ0) is 19.1. The molecule has 2 N–H and O–H groups in total. The average molecular weight is 388 g/mol. The molecule has 1 aromatic heterocycles. The lowest BCUT2D eigenvalue weighted by Crippen LogP contribution is -2.48. The molecule has 1 fully saturated rings. The lowest BCUT2D eigenvalue weighted by atomic mass is 10.1. The second-order valence-corrected chi connectivity index (χ2v) is 7.48. The second kappa shape index (κ2) is 9.48. The number of thiazole rings is 1. The van der Waals surface area contributed by atoms with Gasteiger partial charge in [-0.05, 0) is 19.0 Å². The summed E-state index contributed by atoms with van der Waals surface area (Å²) >= 11 is 1.34.